The highest BCUT2D eigenvalue weighted by Gasteiger charge is 2.29. The van der Waals surface area contributed by atoms with Crippen LogP contribution in [0.25, 0.3) is 0 Å². The lowest BCUT2D eigenvalue weighted by Crippen LogP contribution is -2.37. The molecule has 22 heavy (non-hydrogen) atoms. The Kier molecular flexibility index (Phi) is 6.17. The molecular formula is C16H26FN3OS. The second-order valence-electron chi connectivity index (χ2n) is 6.23. The third-order valence-corrected chi connectivity index (χ3v) is 5.07. The van der Waals surface area contributed by atoms with Crippen LogP contribution in [-0.4, -0.2) is 43.4 Å². The van der Waals surface area contributed by atoms with Crippen molar-refractivity contribution in [2.75, 3.05) is 49.0 Å². The molecule has 124 valence electrons. The Morgan fingerprint density at radius 1 is 1.41 bits per heavy atom. The van der Waals surface area contributed by atoms with Crippen molar-refractivity contribution in [1.82, 2.24) is 4.98 Å². The highest BCUT2D eigenvalue weighted by atomic mass is 32.2. The molecule has 0 saturated carbocycles. The number of nitrogen functional groups attached to an aromatic ring is 1. The molecule has 0 aliphatic carbocycles. The van der Waals surface area contributed by atoms with Gasteiger partial charge in [-0.2, -0.15) is 16.7 Å². The van der Waals surface area contributed by atoms with Gasteiger partial charge in [-0.1, -0.05) is 6.92 Å². The zero-order valence-corrected chi connectivity index (χ0v) is 14.3. The van der Waals surface area contributed by atoms with Crippen molar-refractivity contribution in [3.8, 4) is 5.88 Å². The Morgan fingerprint density at radius 2 is 2.14 bits per heavy atom. The van der Waals surface area contributed by atoms with Gasteiger partial charge in [0, 0.05) is 26.1 Å². The Balaban J connectivity index is 2.04. The first-order valence-corrected chi connectivity index (χ1v) is 8.94. The molecular weight excluding hydrogens is 301 g/mol. The second-order valence-corrected chi connectivity index (χ2v) is 7.46. The van der Waals surface area contributed by atoms with Gasteiger partial charge in [0.15, 0.2) is 5.82 Å². The number of hydrogen-bond acceptors (Lipinski definition) is 5. The molecule has 1 aliphatic rings. The fraction of sp³-hybridized carbons (Fsp3) is 0.688. The van der Waals surface area contributed by atoms with E-state index in [0.29, 0.717) is 30.0 Å². The molecule has 1 aliphatic heterocycles. The Hall–Kier alpha value is -1.17. The van der Waals surface area contributed by atoms with E-state index in [1.807, 2.05) is 24.9 Å². The van der Waals surface area contributed by atoms with Crippen molar-refractivity contribution < 1.29 is 9.13 Å². The van der Waals surface area contributed by atoms with E-state index in [1.54, 1.807) is 6.07 Å². The summed E-state index contributed by atoms with van der Waals surface area (Å²) < 4.78 is 17.6. The van der Waals surface area contributed by atoms with E-state index < -0.39 is 0 Å². The fourth-order valence-electron chi connectivity index (χ4n) is 2.73. The molecule has 0 aromatic carbocycles. The third kappa shape index (κ3) is 4.66. The largest absolute Gasteiger partial charge is 0.478 e. The van der Waals surface area contributed by atoms with Crippen molar-refractivity contribution >= 4 is 23.3 Å². The average Bonchev–Trinajstić information content (AvgIpc) is 2.49. The van der Waals surface area contributed by atoms with Crippen LogP contribution in [0.15, 0.2) is 12.1 Å². The number of nitrogens with two attached hydrogens (primary N) is 1. The van der Waals surface area contributed by atoms with Crippen LogP contribution in [0.1, 0.15) is 26.2 Å². The number of nitrogens with zero attached hydrogens (tertiary/aromatic N) is 2. The summed E-state index contributed by atoms with van der Waals surface area (Å²) in [5, 5.41) is 0. The molecule has 0 bridgehead atoms. The van der Waals surface area contributed by atoms with Gasteiger partial charge in [0.05, 0.1) is 19.0 Å². The molecule has 1 saturated heterocycles. The van der Waals surface area contributed by atoms with Crippen molar-refractivity contribution in [3.05, 3.63) is 12.1 Å². The van der Waals surface area contributed by atoms with Gasteiger partial charge >= 0.3 is 0 Å². The molecule has 0 spiro atoms. The van der Waals surface area contributed by atoms with Crippen LogP contribution >= 0.6 is 11.8 Å². The summed E-state index contributed by atoms with van der Waals surface area (Å²) in [7, 11) is 2.02. The number of halogens is 1. The highest BCUT2D eigenvalue weighted by Crippen LogP contribution is 2.36. The lowest BCUT2D eigenvalue weighted by Gasteiger charge is -2.37. The van der Waals surface area contributed by atoms with Crippen molar-refractivity contribution in [2.45, 2.75) is 26.2 Å². The summed E-state index contributed by atoms with van der Waals surface area (Å²) in [5.41, 5.74) is 7.02. The maximum atomic E-state index is 12.1. The van der Waals surface area contributed by atoms with Gasteiger partial charge in [0.2, 0.25) is 5.88 Å². The van der Waals surface area contributed by atoms with Gasteiger partial charge in [-0.05, 0) is 35.8 Å². The Bertz CT molecular complexity index is 480. The zero-order chi connectivity index (χ0) is 16.0. The molecule has 2 heterocycles. The van der Waals surface area contributed by atoms with E-state index in [0.717, 1.165) is 12.4 Å². The predicted molar refractivity (Wildman–Crippen MR) is 92.7 cm³/mol. The number of hydrogen-bond donors (Lipinski definition) is 1. The molecule has 0 unspecified atom stereocenters. The third-order valence-electron chi connectivity index (χ3n) is 4.09. The van der Waals surface area contributed by atoms with Crippen LogP contribution in [0.2, 0.25) is 0 Å². The average molecular weight is 327 g/mol. The van der Waals surface area contributed by atoms with Gasteiger partial charge in [0.25, 0.3) is 0 Å². The maximum absolute atomic E-state index is 12.1. The Labute approximate surface area is 136 Å². The van der Waals surface area contributed by atoms with Crippen molar-refractivity contribution in [2.24, 2.45) is 5.41 Å². The first-order chi connectivity index (χ1) is 10.5. The summed E-state index contributed by atoms with van der Waals surface area (Å²) in [6.45, 7) is 3.23. The van der Waals surface area contributed by atoms with Crippen molar-refractivity contribution in [3.63, 3.8) is 0 Å². The lowest BCUT2D eigenvalue weighted by atomic mass is 9.84. The zero-order valence-electron chi connectivity index (χ0n) is 13.5. The van der Waals surface area contributed by atoms with Crippen LogP contribution in [0, 0.1) is 5.41 Å². The molecule has 0 radical (unpaired) electrons. The minimum atomic E-state index is -0.377. The monoisotopic (exact) mass is 327 g/mol. The summed E-state index contributed by atoms with van der Waals surface area (Å²) in [4.78, 5) is 6.61. The minimum absolute atomic E-state index is 0.305. The smallest absolute Gasteiger partial charge is 0.215 e. The number of rotatable bonds is 7. The van der Waals surface area contributed by atoms with E-state index in [9.17, 15) is 4.39 Å². The van der Waals surface area contributed by atoms with Crippen LogP contribution in [-0.2, 0) is 0 Å². The minimum Gasteiger partial charge on any atom is -0.478 e. The molecule has 2 rings (SSSR count). The van der Waals surface area contributed by atoms with Gasteiger partial charge in [-0.25, -0.2) is 0 Å². The number of anilines is 2. The van der Waals surface area contributed by atoms with Crippen LogP contribution in [0.3, 0.4) is 0 Å². The van der Waals surface area contributed by atoms with Crippen LogP contribution < -0.4 is 15.4 Å². The summed E-state index contributed by atoms with van der Waals surface area (Å²) in [6, 6.07) is 3.55. The van der Waals surface area contributed by atoms with Gasteiger partial charge in [-0.15, -0.1) is 0 Å². The van der Waals surface area contributed by atoms with Gasteiger partial charge in [0.1, 0.15) is 0 Å². The van der Waals surface area contributed by atoms with Crippen molar-refractivity contribution in [1.29, 1.82) is 0 Å². The fourth-order valence-corrected chi connectivity index (χ4v) is 4.21. The first kappa shape index (κ1) is 17.2. The van der Waals surface area contributed by atoms with Crippen LogP contribution in [0.4, 0.5) is 15.9 Å². The number of alkyl halides is 1. The number of pyridine rings is 1. The first-order valence-electron chi connectivity index (χ1n) is 7.78. The van der Waals surface area contributed by atoms with E-state index in [1.165, 1.54) is 24.3 Å². The van der Waals surface area contributed by atoms with Gasteiger partial charge in [-0.3, -0.25) is 4.39 Å². The normalized spacial score (nSPS) is 17.2. The SMILES string of the molecule is CN(CC1(C)CCSCC1)c1nc(OCCCF)ccc1N. The molecule has 0 amide bonds. The summed E-state index contributed by atoms with van der Waals surface area (Å²) in [5.74, 6) is 3.70. The molecule has 1 aromatic heterocycles. The number of thioether (sulfide) groups is 1. The van der Waals surface area contributed by atoms with E-state index in [-0.39, 0.29) is 6.67 Å². The molecule has 1 aromatic rings. The van der Waals surface area contributed by atoms with E-state index >= 15 is 0 Å². The quantitative estimate of drug-likeness (QED) is 0.778. The summed E-state index contributed by atoms with van der Waals surface area (Å²) in [6.07, 6.45) is 2.82. The van der Waals surface area contributed by atoms with Crippen LogP contribution in [0.5, 0.6) is 5.88 Å². The second kappa shape index (κ2) is 7.90. The topological polar surface area (TPSA) is 51.4 Å². The van der Waals surface area contributed by atoms with E-state index in [4.69, 9.17) is 10.5 Å². The molecule has 2 N–H and O–H groups in total. The molecule has 0 atom stereocenters. The maximum Gasteiger partial charge on any atom is 0.215 e. The predicted octanol–water partition coefficient (Wildman–Crippen LogP) is 3.37. The van der Waals surface area contributed by atoms with Gasteiger partial charge < -0.3 is 15.4 Å². The Morgan fingerprint density at radius 3 is 2.82 bits per heavy atom. The standard InChI is InChI=1S/C16H26FN3OS/c1-16(6-10-22-11-7-16)12-20(2)15-13(18)4-5-14(19-15)21-9-3-8-17/h4-5H,3,6-12,18H2,1-2H3. The van der Waals surface area contributed by atoms with E-state index in [2.05, 4.69) is 16.8 Å². The molecule has 6 heteroatoms. The number of aromatic nitrogens is 1. The number of ether oxygens (including phenoxy) is 1. The lowest BCUT2D eigenvalue weighted by molar-refractivity contribution is 0.279. The molecule has 1 fully saturated rings. The highest BCUT2D eigenvalue weighted by molar-refractivity contribution is 7.99. The molecule has 4 nitrogen and oxygen atoms in total. The summed E-state index contributed by atoms with van der Waals surface area (Å²) >= 11 is 2.03.